The van der Waals surface area contributed by atoms with Crippen LogP contribution in [-0.4, -0.2) is 41.3 Å². The van der Waals surface area contributed by atoms with E-state index in [0.717, 1.165) is 10.6 Å². The lowest BCUT2D eigenvalue weighted by Gasteiger charge is -2.36. The second kappa shape index (κ2) is 6.76. The zero-order valence-corrected chi connectivity index (χ0v) is 12.6. The van der Waals surface area contributed by atoms with E-state index in [9.17, 15) is 27.9 Å². The SMILES string of the molecule is O=C(O)[C@H]1CN(NC(=O)C(F)(F)F)CC[C@@H]1c1ccc(Cl)cc1. The predicted octanol–water partition coefficient (Wildman–Crippen LogP) is 2.42. The van der Waals surface area contributed by atoms with Crippen molar-refractivity contribution in [1.82, 2.24) is 10.4 Å². The topological polar surface area (TPSA) is 69.6 Å². The van der Waals surface area contributed by atoms with E-state index in [4.69, 9.17) is 11.6 Å². The van der Waals surface area contributed by atoms with Gasteiger partial charge in [-0.25, -0.2) is 5.01 Å². The number of alkyl halides is 3. The van der Waals surface area contributed by atoms with Crippen LogP contribution in [0, 0.1) is 5.92 Å². The molecule has 1 aliphatic rings. The summed E-state index contributed by atoms with van der Waals surface area (Å²) in [4.78, 5) is 22.4. The summed E-state index contributed by atoms with van der Waals surface area (Å²) >= 11 is 5.79. The zero-order valence-electron chi connectivity index (χ0n) is 11.8. The Morgan fingerprint density at radius 2 is 1.87 bits per heavy atom. The third-order valence-corrected chi connectivity index (χ3v) is 4.00. The Labute approximate surface area is 135 Å². The van der Waals surface area contributed by atoms with Crippen molar-refractivity contribution < 1.29 is 27.9 Å². The second-order valence-electron chi connectivity index (χ2n) is 5.28. The van der Waals surface area contributed by atoms with E-state index in [2.05, 4.69) is 0 Å². The lowest BCUT2D eigenvalue weighted by Crippen LogP contribution is -2.54. The second-order valence-corrected chi connectivity index (χ2v) is 5.71. The van der Waals surface area contributed by atoms with Gasteiger partial charge in [-0.05, 0) is 30.0 Å². The maximum Gasteiger partial charge on any atom is 0.472 e. The summed E-state index contributed by atoms with van der Waals surface area (Å²) in [6, 6.07) is 6.67. The van der Waals surface area contributed by atoms with Crippen LogP contribution >= 0.6 is 11.6 Å². The van der Waals surface area contributed by atoms with Gasteiger partial charge in [-0.1, -0.05) is 23.7 Å². The summed E-state index contributed by atoms with van der Waals surface area (Å²) in [5.74, 6) is -4.52. The largest absolute Gasteiger partial charge is 0.481 e. The normalized spacial score (nSPS) is 22.6. The molecule has 0 unspecified atom stereocenters. The van der Waals surface area contributed by atoms with Gasteiger partial charge in [0.25, 0.3) is 0 Å². The quantitative estimate of drug-likeness (QED) is 0.878. The van der Waals surface area contributed by atoms with Gasteiger partial charge >= 0.3 is 18.1 Å². The fourth-order valence-electron chi connectivity index (χ4n) is 2.62. The number of nitrogens with zero attached hydrogens (tertiary/aromatic N) is 1. The van der Waals surface area contributed by atoms with Crippen molar-refractivity contribution in [3.05, 3.63) is 34.9 Å². The molecule has 0 spiro atoms. The van der Waals surface area contributed by atoms with Crippen molar-refractivity contribution >= 4 is 23.5 Å². The Hall–Kier alpha value is -1.80. The molecule has 0 bridgehead atoms. The van der Waals surface area contributed by atoms with E-state index in [1.54, 1.807) is 29.7 Å². The summed E-state index contributed by atoms with van der Waals surface area (Å²) in [5, 5.41) is 10.9. The van der Waals surface area contributed by atoms with Gasteiger partial charge < -0.3 is 5.11 Å². The Bertz CT molecular complexity index is 592. The number of hydrazine groups is 1. The minimum Gasteiger partial charge on any atom is -0.481 e. The van der Waals surface area contributed by atoms with Crippen LogP contribution in [0.2, 0.25) is 5.02 Å². The van der Waals surface area contributed by atoms with Gasteiger partial charge in [0.2, 0.25) is 0 Å². The Morgan fingerprint density at radius 3 is 2.39 bits per heavy atom. The minimum atomic E-state index is -5.01. The highest BCUT2D eigenvalue weighted by molar-refractivity contribution is 6.30. The zero-order chi connectivity index (χ0) is 17.2. The molecule has 126 valence electrons. The fraction of sp³-hybridized carbons (Fsp3) is 0.429. The summed E-state index contributed by atoms with van der Waals surface area (Å²) in [7, 11) is 0. The highest BCUT2D eigenvalue weighted by Crippen LogP contribution is 2.33. The van der Waals surface area contributed by atoms with Crippen LogP contribution in [0.15, 0.2) is 24.3 Å². The van der Waals surface area contributed by atoms with Crippen LogP contribution in [0.3, 0.4) is 0 Å². The Kier molecular flexibility index (Phi) is 5.16. The van der Waals surface area contributed by atoms with Gasteiger partial charge in [0.15, 0.2) is 0 Å². The number of carboxylic acids is 1. The maximum absolute atomic E-state index is 12.3. The standard InChI is InChI=1S/C14H14ClF3N2O3/c15-9-3-1-8(2-4-9)10-5-6-20(7-11(10)12(21)22)19-13(23)14(16,17)18/h1-4,10-11H,5-7H2,(H,19,23)(H,21,22)/t10-,11+/m1/s1. The van der Waals surface area contributed by atoms with Crippen molar-refractivity contribution in [2.45, 2.75) is 18.5 Å². The molecule has 1 aromatic rings. The summed E-state index contributed by atoms with van der Waals surface area (Å²) in [6.45, 7) is -0.0800. The molecule has 0 radical (unpaired) electrons. The number of hydrogen-bond donors (Lipinski definition) is 2. The van der Waals surface area contributed by atoms with Crippen LogP contribution in [0.1, 0.15) is 17.9 Å². The van der Waals surface area contributed by atoms with Gasteiger partial charge in [0.05, 0.1) is 5.92 Å². The first-order chi connectivity index (χ1) is 10.7. The monoisotopic (exact) mass is 350 g/mol. The molecule has 0 aliphatic carbocycles. The van der Waals surface area contributed by atoms with E-state index in [1.807, 2.05) is 0 Å². The van der Waals surface area contributed by atoms with E-state index < -0.39 is 24.0 Å². The number of piperidine rings is 1. The van der Waals surface area contributed by atoms with Crippen LogP contribution in [0.5, 0.6) is 0 Å². The summed E-state index contributed by atoms with van der Waals surface area (Å²) in [6.07, 6.45) is -4.71. The number of amides is 1. The van der Waals surface area contributed by atoms with Crippen LogP contribution in [-0.2, 0) is 9.59 Å². The highest BCUT2D eigenvalue weighted by atomic mass is 35.5. The first kappa shape index (κ1) is 17.6. The smallest absolute Gasteiger partial charge is 0.472 e. The molecule has 5 nitrogen and oxygen atoms in total. The van der Waals surface area contributed by atoms with Crippen molar-refractivity contribution in [2.75, 3.05) is 13.1 Å². The predicted molar refractivity (Wildman–Crippen MR) is 75.7 cm³/mol. The third-order valence-electron chi connectivity index (χ3n) is 3.75. The number of hydrogen-bond acceptors (Lipinski definition) is 3. The third kappa shape index (κ3) is 4.35. The van der Waals surface area contributed by atoms with Crippen LogP contribution < -0.4 is 5.43 Å². The average Bonchev–Trinajstić information content (AvgIpc) is 2.47. The number of carbonyl (C=O) groups excluding carboxylic acids is 1. The highest BCUT2D eigenvalue weighted by Gasteiger charge is 2.42. The lowest BCUT2D eigenvalue weighted by atomic mass is 9.81. The van der Waals surface area contributed by atoms with Gasteiger partial charge in [0.1, 0.15) is 0 Å². The molecule has 1 heterocycles. The van der Waals surface area contributed by atoms with Crippen LogP contribution in [0.4, 0.5) is 13.2 Å². The van der Waals surface area contributed by atoms with Crippen molar-refractivity contribution in [1.29, 1.82) is 0 Å². The average molecular weight is 351 g/mol. The first-order valence-electron chi connectivity index (χ1n) is 6.79. The molecular formula is C14H14ClF3N2O3. The molecule has 2 rings (SSSR count). The Morgan fingerprint density at radius 1 is 1.26 bits per heavy atom. The van der Waals surface area contributed by atoms with E-state index >= 15 is 0 Å². The number of halogens is 4. The molecule has 2 N–H and O–H groups in total. The molecule has 1 amide bonds. The molecule has 1 saturated heterocycles. The molecular weight excluding hydrogens is 337 g/mol. The summed E-state index contributed by atoms with van der Waals surface area (Å²) < 4.78 is 36.8. The molecule has 0 aromatic heterocycles. The van der Waals surface area contributed by atoms with Gasteiger partial charge in [0, 0.05) is 18.1 Å². The molecule has 1 aliphatic heterocycles. The van der Waals surface area contributed by atoms with Crippen molar-refractivity contribution in [2.24, 2.45) is 5.92 Å². The fourth-order valence-corrected chi connectivity index (χ4v) is 2.75. The number of rotatable bonds is 3. The van der Waals surface area contributed by atoms with E-state index in [1.165, 1.54) is 0 Å². The number of benzene rings is 1. The molecule has 0 saturated carbocycles. The van der Waals surface area contributed by atoms with E-state index in [-0.39, 0.29) is 19.0 Å². The molecule has 1 aromatic carbocycles. The number of aliphatic carboxylic acids is 1. The van der Waals surface area contributed by atoms with Gasteiger partial charge in [-0.3, -0.25) is 15.0 Å². The lowest BCUT2D eigenvalue weighted by molar-refractivity contribution is -0.180. The first-order valence-corrected chi connectivity index (χ1v) is 7.17. The number of carboxylic acid groups (broad SMARTS) is 1. The van der Waals surface area contributed by atoms with E-state index in [0.29, 0.717) is 11.4 Å². The number of carbonyl (C=O) groups is 2. The Balaban J connectivity index is 2.10. The number of nitrogens with one attached hydrogen (secondary N) is 1. The molecule has 1 fully saturated rings. The van der Waals surface area contributed by atoms with Crippen molar-refractivity contribution in [3.8, 4) is 0 Å². The van der Waals surface area contributed by atoms with Crippen molar-refractivity contribution in [3.63, 3.8) is 0 Å². The molecule has 9 heteroatoms. The maximum atomic E-state index is 12.3. The van der Waals surface area contributed by atoms with Crippen LogP contribution in [0.25, 0.3) is 0 Å². The minimum absolute atomic E-state index is 0.124. The molecule has 2 atom stereocenters. The summed E-state index contributed by atoms with van der Waals surface area (Å²) in [5.41, 5.74) is 2.46. The van der Waals surface area contributed by atoms with Gasteiger partial charge in [-0.2, -0.15) is 13.2 Å². The van der Waals surface area contributed by atoms with Gasteiger partial charge in [-0.15, -0.1) is 0 Å². The molecule has 23 heavy (non-hydrogen) atoms.